The average Bonchev–Trinajstić information content (AvgIpc) is 3.30. The van der Waals surface area contributed by atoms with Crippen LogP contribution in [0.5, 0.6) is 11.5 Å². The Labute approximate surface area is 366 Å². The van der Waals surface area contributed by atoms with Crippen molar-refractivity contribution in [2.75, 3.05) is 33.0 Å². The number of oxime groups is 1. The van der Waals surface area contributed by atoms with Gasteiger partial charge in [0.1, 0.15) is 24.1 Å². The molecule has 12 nitrogen and oxygen atoms in total. The first kappa shape index (κ1) is 45.0. The highest BCUT2D eigenvalue weighted by atomic mass is 16.8. The number of carbonyl (C=O) groups excluding carboxylic acids is 1. The molecule has 2 aromatic carbocycles. The van der Waals surface area contributed by atoms with Crippen molar-refractivity contribution in [3.63, 3.8) is 0 Å². The number of nitriles is 1. The number of pyridine rings is 1. The second-order valence-electron chi connectivity index (χ2n) is 16.9. The van der Waals surface area contributed by atoms with E-state index >= 15 is 0 Å². The fourth-order valence-electron chi connectivity index (χ4n) is 9.98. The third-order valence-electron chi connectivity index (χ3n) is 12.8. The summed E-state index contributed by atoms with van der Waals surface area (Å²) in [6, 6.07) is 20.1. The minimum absolute atomic E-state index is 0.0634. The van der Waals surface area contributed by atoms with Gasteiger partial charge in [-0.25, -0.2) is 0 Å². The van der Waals surface area contributed by atoms with Crippen LogP contribution < -0.4 is 9.47 Å². The van der Waals surface area contributed by atoms with Gasteiger partial charge in [0.2, 0.25) is 12.1 Å². The van der Waals surface area contributed by atoms with Gasteiger partial charge >= 0.3 is 0 Å². The van der Waals surface area contributed by atoms with Crippen molar-refractivity contribution in [1.82, 2.24) is 9.88 Å². The Bertz CT molecular complexity index is 2090. The summed E-state index contributed by atoms with van der Waals surface area (Å²) in [5.41, 5.74) is 5.32. The summed E-state index contributed by atoms with van der Waals surface area (Å²) in [5, 5.41) is 34.5. The van der Waals surface area contributed by atoms with Crippen LogP contribution in [-0.4, -0.2) is 82.8 Å². The van der Waals surface area contributed by atoms with Crippen LogP contribution >= 0.6 is 0 Å². The number of aryl methyl sites for hydroxylation is 1. The fourth-order valence-corrected chi connectivity index (χ4v) is 9.98. The van der Waals surface area contributed by atoms with Crippen LogP contribution in [0.2, 0.25) is 0 Å². The molecule has 1 amide bonds. The van der Waals surface area contributed by atoms with Crippen LogP contribution in [0.4, 0.5) is 0 Å². The zero-order valence-electron chi connectivity index (χ0n) is 36.3. The second kappa shape index (κ2) is 21.3. The van der Waals surface area contributed by atoms with Gasteiger partial charge in [-0.3, -0.25) is 9.78 Å². The largest absolute Gasteiger partial charge is 0.487 e. The van der Waals surface area contributed by atoms with Crippen molar-refractivity contribution < 1.29 is 38.8 Å². The van der Waals surface area contributed by atoms with E-state index in [0.29, 0.717) is 61.6 Å². The van der Waals surface area contributed by atoms with Crippen LogP contribution in [0.25, 0.3) is 0 Å². The maximum atomic E-state index is 15.0. The number of nitrogens with zero attached hydrogens (tertiary/aromatic N) is 4. The van der Waals surface area contributed by atoms with Crippen molar-refractivity contribution >= 4 is 11.6 Å². The number of hydrogen-bond acceptors (Lipinski definition) is 11. The molecule has 1 aromatic heterocycles. The van der Waals surface area contributed by atoms with Crippen molar-refractivity contribution in [3.05, 3.63) is 113 Å². The highest BCUT2D eigenvalue weighted by Gasteiger charge is 2.65. The van der Waals surface area contributed by atoms with Gasteiger partial charge in [0.25, 0.3) is 5.91 Å². The van der Waals surface area contributed by atoms with Crippen molar-refractivity contribution in [3.8, 4) is 17.6 Å². The molecule has 62 heavy (non-hydrogen) atoms. The Kier molecular flexibility index (Phi) is 15.5. The molecule has 4 aliphatic rings. The Hall–Kier alpha value is -5.06. The number of allylic oxidation sites excluding steroid dienone is 1. The smallest absolute Gasteiger partial charge is 0.254 e. The summed E-state index contributed by atoms with van der Waals surface area (Å²) in [7, 11) is 0. The van der Waals surface area contributed by atoms with Crippen molar-refractivity contribution in [2.45, 2.75) is 115 Å². The van der Waals surface area contributed by atoms with E-state index in [1.165, 1.54) is 0 Å². The molecule has 3 aromatic rings. The number of rotatable bonds is 20. The molecular weight excluding hydrogens is 785 g/mol. The van der Waals surface area contributed by atoms with Gasteiger partial charge in [-0.15, -0.1) is 6.58 Å². The Morgan fingerprint density at radius 2 is 1.89 bits per heavy atom. The maximum Gasteiger partial charge on any atom is 0.254 e. The van der Waals surface area contributed by atoms with Crippen molar-refractivity contribution in [1.29, 1.82) is 5.26 Å². The first-order chi connectivity index (χ1) is 30.3. The average molecular weight is 847 g/mol. The number of aliphatic hydroxyl groups is 2. The third-order valence-corrected chi connectivity index (χ3v) is 12.8. The van der Waals surface area contributed by atoms with Crippen LogP contribution in [0.15, 0.2) is 90.1 Å². The standard InChI is InChI=1S/C50H62N4O8/c1-4-24-54(49(57)36-20-18-35(32-51)19-21-36)45-31-43(53-62-46-17-8-11-28-58-46)41-29-37(14-6-9-25-55)40(16-7-10-26-56)47-42-30-39(59-33-38-15-12-13-34(3)52-38)22-23-44(42)61-50(45,48(41)47)60-27-5-2/h5,12-13,15,18-23,29-30,37,40,45-48,55-56H,2,4,6-11,14,16-17,24-28,31,33H2,1,3H3/t37-,40+,45-,46?,47+,48+,50+/m0/s1. The maximum absolute atomic E-state index is 15.0. The van der Waals surface area contributed by atoms with E-state index < -0.39 is 24.0 Å². The SMILES string of the molecule is C=CCO[C@@]12Oc3ccc(OCc4cccc(C)n4)cc3[C@H]3[C@H](CCCCO)[C@@H](CCCCO)C=C(C(=NOC4CCCCO4)C[C@@H]1N(CCC)C(=O)c1ccc(C#N)cc1)[C@H]32. The quantitative estimate of drug-likeness (QED) is 0.0642. The van der Waals surface area contributed by atoms with E-state index in [0.717, 1.165) is 73.2 Å². The topological polar surface area (TPSA) is 156 Å². The molecule has 2 fully saturated rings. The Balaban J connectivity index is 1.43. The van der Waals surface area contributed by atoms with E-state index in [1.807, 2.05) is 49.1 Å². The number of hydrogen-bond donors (Lipinski definition) is 2. The molecule has 1 saturated heterocycles. The molecule has 7 rings (SSSR count). The monoisotopic (exact) mass is 846 g/mol. The lowest BCUT2D eigenvalue weighted by Crippen LogP contribution is -2.70. The zero-order chi connectivity index (χ0) is 43.5. The first-order valence-electron chi connectivity index (χ1n) is 22.6. The van der Waals surface area contributed by atoms with Crippen LogP contribution in [0.1, 0.15) is 116 Å². The third kappa shape index (κ3) is 9.92. The van der Waals surface area contributed by atoms with Crippen molar-refractivity contribution in [2.24, 2.45) is 22.9 Å². The number of ether oxygens (including phenoxy) is 4. The van der Waals surface area contributed by atoms with Gasteiger partial charge in [0.05, 0.1) is 42.2 Å². The molecule has 2 aliphatic carbocycles. The molecule has 330 valence electrons. The highest BCUT2D eigenvalue weighted by molar-refractivity contribution is 6.03. The summed E-state index contributed by atoms with van der Waals surface area (Å²) < 4.78 is 27.0. The molecule has 2 N–H and O–H groups in total. The van der Waals surface area contributed by atoms with E-state index in [1.54, 1.807) is 30.3 Å². The summed E-state index contributed by atoms with van der Waals surface area (Å²) >= 11 is 0. The minimum atomic E-state index is -1.39. The molecule has 0 radical (unpaired) electrons. The zero-order valence-corrected chi connectivity index (χ0v) is 36.3. The predicted molar refractivity (Wildman–Crippen MR) is 235 cm³/mol. The summed E-state index contributed by atoms with van der Waals surface area (Å²) in [5.74, 6) is -0.781. The molecule has 1 saturated carbocycles. The molecule has 7 atom stereocenters. The first-order valence-corrected chi connectivity index (χ1v) is 22.6. The number of fused-ring (bicyclic) bond motifs is 2. The fraction of sp³-hybridized carbons (Fsp3) is 0.520. The normalized spacial score (nSPS) is 25.7. The Morgan fingerprint density at radius 3 is 2.60 bits per heavy atom. The van der Waals surface area contributed by atoms with Gasteiger partial charge in [0.15, 0.2) is 0 Å². The number of aromatic nitrogens is 1. The molecule has 0 bridgehead atoms. The number of aliphatic hydroxyl groups excluding tert-OH is 2. The predicted octanol–water partition coefficient (Wildman–Crippen LogP) is 8.55. The lowest BCUT2D eigenvalue weighted by molar-refractivity contribution is -0.254. The van der Waals surface area contributed by atoms with Gasteiger partial charge in [-0.05, 0) is 124 Å². The van der Waals surface area contributed by atoms with E-state index in [4.69, 9.17) is 28.9 Å². The van der Waals surface area contributed by atoms with E-state index in [-0.39, 0.29) is 49.9 Å². The molecule has 0 spiro atoms. The van der Waals surface area contributed by atoms with Crippen LogP contribution in [-0.2, 0) is 20.9 Å². The molecule has 12 heteroatoms. The number of benzene rings is 2. The summed E-state index contributed by atoms with van der Waals surface area (Å²) in [6.45, 7) is 9.72. The van der Waals surface area contributed by atoms with Crippen LogP contribution in [0, 0.1) is 36.0 Å². The number of amides is 1. The van der Waals surface area contributed by atoms with E-state index in [2.05, 4.69) is 29.8 Å². The van der Waals surface area contributed by atoms with Crippen LogP contribution in [0.3, 0.4) is 0 Å². The molecule has 1 unspecified atom stereocenters. The van der Waals surface area contributed by atoms with E-state index in [9.17, 15) is 20.3 Å². The van der Waals surface area contributed by atoms with Gasteiger partial charge in [-0.1, -0.05) is 43.1 Å². The summed E-state index contributed by atoms with van der Waals surface area (Å²) in [4.78, 5) is 27.8. The molecular formula is C50H62N4O8. The molecule has 3 heterocycles. The lowest BCUT2D eigenvalue weighted by Gasteiger charge is -2.60. The summed E-state index contributed by atoms with van der Waals surface area (Å²) in [6.07, 6.45) is 11.8. The molecule has 2 aliphatic heterocycles. The Morgan fingerprint density at radius 1 is 1.08 bits per heavy atom. The highest BCUT2D eigenvalue weighted by Crippen LogP contribution is 2.62. The lowest BCUT2D eigenvalue weighted by atomic mass is 9.55. The van der Waals surface area contributed by atoms with Gasteiger partial charge in [-0.2, -0.15) is 5.26 Å². The second-order valence-corrected chi connectivity index (χ2v) is 16.9. The number of unbranched alkanes of at least 4 members (excludes halogenated alkanes) is 2. The van der Waals surface area contributed by atoms with Gasteiger partial charge in [0, 0.05) is 55.3 Å². The minimum Gasteiger partial charge on any atom is -0.487 e. The number of carbonyl (C=O) groups is 1. The van der Waals surface area contributed by atoms with Gasteiger partial charge < -0.3 is 38.9 Å².